The number of methoxy groups -OCH3 is 1. The molecule has 1 aromatic rings. The third-order valence-corrected chi connectivity index (χ3v) is 4.36. The van der Waals surface area contributed by atoms with Crippen molar-refractivity contribution in [2.45, 2.75) is 32.9 Å². The third kappa shape index (κ3) is 4.31. The van der Waals surface area contributed by atoms with Crippen LogP contribution in [0.25, 0.3) is 0 Å². The number of ether oxygens (including phenoxy) is 1. The van der Waals surface area contributed by atoms with Gasteiger partial charge in [0.25, 0.3) is 0 Å². The van der Waals surface area contributed by atoms with Crippen LogP contribution in [-0.4, -0.2) is 65.0 Å². The molecular formula is C16H26N4O3. The number of carbonyl (C=O) groups excluding carboxylic acids is 2. The first-order valence-electron chi connectivity index (χ1n) is 8.08. The fourth-order valence-corrected chi connectivity index (χ4v) is 2.97. The fourth-order valence-electron chi connectivity index (χ4n) is 2.97. The Hall–Kier alpha value is -1.89. The topological polar surface area (TPSA) is 67.7 Å². The molecule has 1 aliphatic heterocycles. The monoisotopic (exact) mass is 322 g/mol. The van der Waals surface area contributed by atoms with E-state index in [1.807, 2.05) is 17.8 Å². The number of nitrogens with zero attached hydrogens (tertiary/aromatic N) is 4. The van der Waals surface area contributed by atoms with Crippen molar-refractivity contribution in [3.05, 3.63) is 18.2 Å². The molecule has 1 saturated heterocycles. The van der Waals surface area contributed by atoms with E-state index in [0.29, 0.717) is 32.5 Å². The average molecular weight is 322 g/mol. The molecule has 0 unspecified atom stereocenters. The molecule has 0 atom stereocenters. The van der Waals surface area contributed by atoms with Gasteiger partial charge in [-0.2, -0.15) is 0 Å². The van der Waals surface area contributed by atoms with Crippen LogP contribution in [0.3, 0.4) is 0 Å². The summed E-state index contributed by atoms with van der Waals surface area (Å²) in [4.78, 5) is 32.2. The molecule has 0 radical (unpaired) electrons. The number of hydrogen-bond acceptors (Lipinski definition) is 4. The van der Waals surface area contributed by atoms with Gasteiger partial charge in [0.1, 0.15) is 12.4 Å². The van der Waals surface area contributed by atoms with Gasteiger partial charge in [-0.25, -0.2) is 4.98 Å². The van der Waals surface area contributed by atoms with Gasteiger partial charge in [0.05, 0.1) is 6.54 Å². The average Bonchev–Trinajstić information content (AvgIpc) is 3.01. The van der Waals surface area contributed by atoms with Crippen molar-refractivity contribution in [2.24, 2.45) is 5.92 Å². The number of likely N-dealkylation sites (tertiary alicyclic amines) is 1. The molecule has 0 N–H and O–H groups in total. The van der Waals surface area contributed by atoms with Gasteiger partial charge in [0, 0.05) is 52.1 Å². The zero-order chi connectivity index (χ0) is 16.8. The van der Waals surface area contributed by atoms with Crippen molar-refractivity contribution in [1.29, 1.82) is 0 Å². The van der Waals surface area contributed by atoms with Crippen molar-refractivity contribution >= 4 is 11.8 Å². The maximum Gasteiger partial charge on any atom is 0.248 e. The normalized spacial score (nSPS) is 15.7. The van der Waals surface area contributed by atoms with Gasteiger partial charge in [-0.15, -0.1) is 0 Å². The van der Waals surface area contributed by atoms with Crippen LogP contribution < -0.4 is 0 Å². The number of rotatable bonds is 6. The SMILES string of the molecule is CCn1ccnc1CN(C)C(=O)C1CCN(C(=O)COC)CC1. The lowest BCUT2D eigenvalue weighted by Gasteiger charge is -2.33. The van der Waals surface area contributed by atoms with E-state index in [1.54, 1.807) is 16.0 Å². The maximum atomic E-state index is 12.6. The predicted octanol–water partition coefficient (Wildman–Crippen LogP) is 0.746. The molecule has 7 heteroatoms. The van der Waals surface area contributed by atoms with Crippen LogP contribution in [0.5, 0.6) is 0 Å². The molecule has 2 heterocycles. The lowest BCUT2D eigenvalue weighted by Crippen LogP contribution is -2.44. The number of aromatic nitrogens is 2. The van der Waals surface area contributed by atoms with Gasteiger partial charge in [-0.1, -0.05) is 0 Å². The summed E-state index contributed by atoms with van der Waals surface area (Å²) in [5.74, 6) is 1.01. The molecule has 1 aliphatic rings. The summed E-state index contributed by atoms with van der Waals surface area (Å²) in [6.45, 7) is 4.77. The van der Waals surface area contributed by atoms with Crippen LogP contribution in [0.2, 0.25) is 0 Å². The van der Waals surface area contributed by atoms with Crippen LogP contribution in [0.1, 0.15) is 25.6 Å². The second-order valence-electron chi connectivity index (χ2n) is 5.91. The molecule has 1 aromatic heterocycles. The van der Waals surface area contributed by atoms with Gasteiger partial charge in [-0.05, 0) is 19.8 Å². The number of aryl methyl sites for hydroxylation is 1. The minimum atomic E-state index is -0.0170. The Kier molecular flexibility index (Phi) is 6.15. The number of piperidine rings is 1. The van der Waals surface area contributed by atoms with E-state index >= 15 is 0 Å². The highest BCUT2D eigenvalue weighted by Gasteiger charge is 2.29. The lowest BCUT2D eigenvalue weighted by molar-refractivity contribution is -0.142. The number of imidazole rings is 1. The molecule has 23 heavy (non-hydrogen) atoms. The van der Waals surface area contributed by atoms with E-state index in [9.17, 15) is 9.59 Å². The number of hydrogen-bond donors (Lipinski definition) is 0. The van der Waals surface area contributed by atoms with E-state index in [2.05, 4.69) is 11.9 Å². The first kappa shape index (κ1) is 17.5. The van der Waals surface area contributed by atoms with Crippen LogP contribution in [0, 0.1) is 5.92 Å². The largest absolute Gasteiger partial charge is 0.375 e. The van der Waals surface area contributed by atoms with Crippen molar-refractivity contribution in [2.75, 3.05) is 33.9 Å². The summed E-state index contributed by atoms with van der Waals surface area (Å²) in [6, 6.07) is 0. The minimum absolute atomic E-state index is 0.00303. The van der Waals surface area contributed by atoms with E-state index < -0.39 is 0 Å². The summed E-state index contributed by atoms with van der Waals surface area (Å²) in [5.41, 5.74) is 0. The maximum absolute atomic E-state index is 12.6. The minimum Gasteiger partial charge on any atom is -0.375 e. The highest BCUT2D eigenvalue weighted by molar-refractivity contribution is 5.80. The van der Waals surface area contributed by atoms with E-state index in [0.717, 1.165) is 12.4 Å². The van der Waals surface area contributed by atoms with Crippen molar-refractivity contribution in [3.63, 3.8) is 0 Å². The Balaban J connectivity index is 1.85. The summed E-state index contributed by atoms with van der Waals surface area (Å²) < 4.78 is 6.91. The molecule has 0 spiro atoms. The highest BCUT2D eigenvalue weighted by atomic mass is 16.5. The Labute approximate surface area is 137 Å². The molecule has 1 fully saturated rings. The summed E-state index contributed by atoms with van der Waals surface area (Å²) in [6.07, 6.45) is 5.10. The van der Waals surface area contributed by atoms with E-state index in [1.165, 1.54) is 7.11 Å². The Morgan fingerprint density at radius 2 is 2.09 bits per heavy atom. The Morgan fingerprint density at radius 3 is 2.70 bits per heavy atom. The van der Waals surface area contributed by atoms with E-state index in [4.69, 9.17) is 4.74 Å². The van der Waals surface area contributed by atoms with Crippen LogP contribution >= 0.6 is 0 Å². The molecule has 128 valence electrons. The van der Waals surface area contributed by atoms with Gasteiger partial charge < -0.3 is 19.1 Å². The van der Waals surface area contributed by atoms with Crippen LogP contribution in [0.15, 0.2) is 12.4 Å². The fraction of sp³-hybridized carbons (Fsp3) is 0.688. The first-order valence-corrected chi connectivity index (χ1v) is 8.08. The molecule has 2 amide bonds. The van der Waals surface area contributed by atoms with Crippen molar-refractivity contribution in [1.82, 2.24) is 19.4 Å². The van der Waals surface area contributed by atoms with Gasteiger partial charge in [0.15, 0.2) is 0 Å². The van der Waals surface area contributed by atoms with Gasteiger partial charge in [0.2, 0.25) is 11.8 Å². The summed E-state index contributed by atoms with van der Waals surface area (Å²) >= 11 is 0. The molecule has 7 nitrogen and oxygen atoms in total. The molecular weight excluding hydrogens is 296 g/mol. The molecule has 0 saturated carbocycles. The molecule has 0 aliphatic carbocycles. The number of carbonyl (C=O) groups is 2. The first-order chi connectivity index (χ1) is 11.1. The standard InChI is InChI=1S/C16H26N4O3/c1-4-19-10-7-17-14(19)11-18(2)16(22)13-5-8-20(9-6-13)15(21)12-23-3/h7,10,13H,4-6,8-9,11-12H2,1-3H3. The third-order valence-electron chi connectivity index (χ3n) is 4.36. The number of amides is 2. The van der Waals surface area contributed by atoms with Gasteiger partial charge >= 0.3 is 0 Å². The zero-order valence-corrected chi connectivity index (χ0v) is 14.2. The van der Waals surface area contributed by atoms with Crippen LogP contribution in [-0.2, 0) is 27.4 Å². The molecule has 0 bridgehead atoms. The van der Waals surface area contributed by atoms with Gasteiger partial charge in [-0.3, -0.25) is 9.59 Å². The Morgan fingerprint density at radius 1 is 1.39 bits per heavy atom. The second-order valence-corrected chi connectivity index (χ2v) is 5.91. The Bertz CT molecular complexity index is 535. The predicted molar refractivity (Wildman–Crippen MR) is 85.6 cm³/mol. The summed E-state index contributed by atoms with van der Waals surface area (Å²) in [7, 11) is 3.34. The highest BCUT2D eigenvalue weighted by Crippen LogP contribution is 2.20. The summed E-state index contributed by atoms with van der Waals surface area (Å²) in [5, 5.41) is 0. The zero-order valence-electron chi connectivity index (χ0n) is 14.2. The lowest BCUT2D eigenvalue weighted by atomic mass is 9.95. The molecule has 0 aromatic carbocycles. The van der Waals surface area contributed by atoms with E-state index in [-0.39, 0.29) is 24.3 Å². The smallest absolute Gasteiger partial charge is 0.248 e. The van der Waals surface area contributed by atoms with Crippen molar-refractivity contribution in [3.8, 4) is 0 Å². The van der Waals surface area contributed by atoms with Crippen LogP contribution in [0.4, 0.5) is 0 Å². The quantitative estimate of drug-likeness (QED) is 0.775. The molecule has 2 rings (SSSR count). The van der Waals surface area contributed by atoms with Crippen molar-refractivity contribution < 1.29 is 14.3 Å². The second kappa shape index (κ2) is 8.10.